The third kappa shape index (κ3) is 5.23. The monoisotopic (exact) mass is 387 g/mol. The third-order valence-corrected chi connectivity index (χ3v) is 4.04. The van der Waals surface area contributed by atoms with Gasteiger partial charge < -0.3 is 14.0 Å². The minimum atomic E-state index is -0.475. The first kappa shape index (κ1) is 21.2. The van der Waals surface area contributed by atoms with Gasteiger partial charge in [0.15, 0.2) is 0 Å². The zero-order chi connectivity index (χ0) is 20.7. The van der Waals surface area contributed by atoms with E-state index in [1.165, 1.54) is 26.7 Å². The van der Waals surface area contributed by atoms with Crippen LogP contribution in [0.25, 0.3) is 22.2 Å². The molecule has 0 spiro atoms. The maximum absolute atomic E-state index is 11.3. The van der Waals surface area contributed by atoms with E-state index in [0.717, 1.165) is 28.9 Å². The molecule has 0 aliphatic carbocycles. The lowest BCUT2D eigenvalue weighted by Gasteiger charge is -2.09. The number of hydrogen-bond acceptors (Lipinski definition) is 4. The fraction of sp³-hybridized carbons (Fsp3) is 0.286. The second-order valence-corrected chi connectivity index (χ2v) is 6.18. The average molecular weight is 387 g/mol. The van der Waals surface area contributed by atoms with Gasteiger partial charge in [0, 0.05) is 42.9 Å². The van der Waals surface area contributed by atoms with E-state index in [2.05, 4.69) is 33.7 Å². The molecule has 0 radical (unpaired) electrons. The predicted octanol–water partition coefficient (Wildman–Crippen LogP) is 4.95. The van der Waals surface area contributed by atoms with Gasteiger partial charge in [0.2, 0.25) is 0 Å². The number of benzene rings is 2. The predicted molar refractivity (Wildman–Crippen MR) is 110 cm³/mol. The quantitative estimate of drug-likeness (QED) is 0.644. The Hall–Kier alpha value is -3.06. The average Bonchev–Trinajstić information content (AvgIpc) is 3.05. The van der Waals surface area contributed by atoms with Crippen molar-refractivity contribution in [2.75, 3.05) is 33.6 Å². The lowest BCUT2D eigenvalue weighted by molar-refractivity contribution is 0.0977. The molecule has 1 heterocycles. The Bertz CT molecular complexity index is 918. The Kier molecular flexibility index (Phi) is 7.40. The molecule has 0 atom stereocenters. The first-order valence-electron chi connectivity index (χ1n) is 8.85. The Balaban J connectivity index is 0.000000640. The van der Waals surface area contributed by atoms with Gasteiger partial charge in [-0.3, -0.25) is 5.32 Å². The molecule has 1 aromatic heterocycles. The number of anilines is 1. The maximum Gasteiger partial charge on any atom is 0.411 e. The highest BCUT2D eigenvalue weighted by molar-refractivity contribution is 5.89. The lowest BCUT2D eigenvalue weighted by Crippen LogP contribution is -2.10. The van der Waals surface area contributed by atoms with E-state index in [1.54, 1.807) is 7.11 Å². The van der Waals surface area contributed by atoms with Crippen molar-refractivity contribution >= 4 is 22.7 Å². The van der Waals surface area contributed by atoms with E-state index in [4.69, 9.17) is 4.74 Å². The minimum absolute atomic E-state index is 0.475. The largest absolute Gasteiger partial charge is 0.497 e. The molecule has 0 bridgehead atoms. The number of rotatable bonds is 4. The molecule has 0 aliphatic heterocycles. The lowest BCUT2D eigenvalue weighted by atomic mass is 10.1. The number of aromatic nitrogens is 1. The number of nitrogens with zero attached hydrogens (tertiary/aromatic N) is 2. The zero-order valence-corrected chi connectivity index (χ0v) is 16.8. The number of halogens is 1. The zero-order valence-electron chi connectivity index (χ0n) is 16.8. The van der Waals surface area contributed by atoms with Crippen molar-refractivity contribution in [3.63, 3.8) is 0 Å². The Morgan fingerprint density at radius 3 is 2.29 bits per heavy atom. The second-order valence-electron chi connectivity index (χ2n) is 6.18. The van der Waals surface area contributed by atoms with E-state index in [0.29, 0.717) is 10.8 Å². The molecule has 28 heavy (non-hydrogen) atoms. The summed E-state index contributed by atoms with van der Waals surface area (Å²) in [6.07, 6.45) is -0.475. The number of ether oxygens (including phenoxy) is 2. The summed E-state index contributed by atoms with van der Waals surface area (Å²) in [6.45, 7) is 2.99. The highest BCUT2D eigenvalue weighted by Gasteiger charge is 2.11. The van der Waals surface area contributed by atoms with E-state index in [1.807, 2.05) is 36.4 Å². The van der Waals surface area contributed by atoms with Crippen molar-refractivity contribution in [3.8, 4) is 17.0 Å². The van der Waals surface area contributed by atoms with Crippen LogP contribution in [-0.2, 0) is 11.3 Å². The van der Waals surface area contributed by atoms with Crippen molar-refractivity contribution in [1.82, 2.24) is 9.69 Å². The van der Waals surface area contributed by atoms with Gasteiger partial charge in [-0.2, -0.15) is 5.12 Å². The molecule has 0 fully saturated rings. The van der Waals surface area contributed by atoms with Crippen molar-refractivity contribution in [2.24, 2.45) is 0 Å². The van der Waals surface area contributed by atoms with Crippen LogP contribution in [0.5, 0.6) is 5.75 Å². The molecular weight excluding hydrogens is 361 g/mol. The van der Waals surface area contributed by atoms with Gasteiger partial charge in [-0.25, -0.2) is 4.79 Å². The summed E-state index contributed by atoms with van der Waals surface area (Å²) in [5, 5.41) is 4.30. The number of carbonyl (C=O) groups is 1. The van der Waals surface area contributed by atoms with Crippen LogP contribution >= 0.6 is 0 Å². The van der Waals surface area contributed by atoms with E-state index in [-0.39, 0.29) is 0 Å². The highest BCUT2D eigenvalue weighted by atomic mass is 19.2. The molecule has 6 nitrogen and oxygen atoms in total. The van der Waals surface area contributed by atoms with Gasteiger partial charge in [-0.1, -0.05) is 12.1 Å². The summed E-state index contributed by atoms with van der Waals surface area (Å²) in [4.78, 5) is 11.3. The highest BCUT2D eigenvalue weighted by Crippen LogP contribution is 2.31. The van der Waals surface area contributed by atoms with Crippen molar-refractivity contribution in [1.29, 1.82) is 0 Å². The molecule has 0 saturated carbocycles. The van der Waals surface area contributed by atoms with Crippen molar-refractivity contribution < 1.29 is 18.7 Å². The molecule has 0 saturated heterocycles. The first-order chi connectivity index (χ1) is 13.4. The van der Waals surface area contributed by atoms with Crippen LogP contribution in [0.15, 0.2) is 48.5 Å². The van der Waals surface area contributed by atoms with Crippen LogP contribution in [0.2, 0.25) is 0 Å². The van der Waals surface area contributed by atoms with Gasteiger partial charge >= 0.3 is 6.09 Å². The molecule has 0 unspecified atom stereocenters. The normalized spacial score (nSPS) is 10.4. The van der Waals surface area contributed by atoms with Gasteiger partial charge in [0.05, 0.1) is 14.2 Å². The number of amides is 1. The van der Waals surface area contributed by atoms with Crippen molar-refractivity contribution in [3.05, 3.63) is 48.5 Å². The van der Waals surface area contributed by atoms with Crippen LogP contribution < -0.4 is 10.1 Å². The third-order valence-electron chi connectivity index (χ3n) is 4.04. The number of methoxy groups -OCH3 is 2. The van der Waals surface area contributed by atoms with Gasteiger partial charge in [-0.15, -0.1) is 4.48 Å². The molecule has 3 aromatic rings. The molecule has 0 aliphatic rings. The number of fused-ring (bicyclic) bond motifs is 1. The van der Waals surface area contributed by atoms with Crippen molar-refractivity contribution in [2.45, 2.75) is 13.5 Å². The number of hydrogen-bond donors (Lipinski definition) is 1. The van der Waals surface area contributed by atoms with Crippen LogP contribution in [-0.4, -0.2) is 44.1 Å². The van der Waals surface area contributed by atoms with Crippen LogP contribution in [0.1, 0.15) is 6.92 Å². The van der Waals surface area contributed by atoms with Gasteiger partial charge in [0.25, 0.3) is 0 Å². The van der Waals surface area contributed by atoms with E-state index in [9.17, 15) is 9.28 Å². The second kappa shape index (κ2) is 9.75. The smallest absolute Gasteiger partial charge is 0.411 e. The molecular formula is C21H26FN3O3. The van der Waals surface area contributed by atoms with Crippen LogP contribution in [0.4, 0.5) is 15.0 Å². The van der Waals surface area contributed by atoms with Crippen LogP contribution in [0, 0.1) is 0 Å². The fourth-order valence-corrected chi connectivity index (χ4v) is 2.85. The topological polar surface area (TPSA) is 55.7 Å². The van der Waals surface area contributed by atoms with Gasteiger partial charge in [-0.05, 0) is 48.9 Å². The number of carbonyl (C=O) groups excluding carboxylic acids is 1. The molecule has 1 N–H and O–H groups in total. The molecule has 150 valence electrons. The van der Waals surface area contributed by atoms with Crippen LogP contribution in [0.3, 0.4) is 0 Å². The van der Waals surface area contributed by atoms with E-state index < -0.39 is 6.09 Å². The summed E-state index contributed by atoms with van der Waals surface area (Å²) >= 11 is 0. The SMILES string of the molecule is CCn1c(-c2ccc(NC(=O)OC)cc2)cc2cc(OC)ccc21.CN(C)F. The Labute approximate surface area is 164 Å². The first-order valence-corrected chi connectivity index (χ1v) is 8.85. The summed E-state index contributed by atoms with van der Waals surface area (Å²) < 4.78 is 23.0. The molecule has 2 aromatic carbocycles. The summed E-state index contributed by atoms with van der Waals surface area (Å²) in [7, 11) is 5.68. The summed E-state index contributed by atoms with van der Waals surface area (Å²) in [5.74, 6) is 0.847. The fourth-order valence-electron chi connectivity index (χ4n) is 2.85. The number of nitrogens with one attached hydrogen (secondary N) is 1. The number of aryl methyl sites for hydroxylation is 1. The maximum atomic E-state index is 11.3. The minimum Gasteiger partial charge on any atom is -0.497 e. The summed E-state index contributed by atoms with van der Waals surface area (Å²) in [6, 6.07) is 16.0. The molecule has 1 amide bonds. The summed E-state index contributed by atoms with van der Waals surface area (Å²) in [5.41, 5.74) is 4.09. The Morgan fingerprint density at radius 1 is 1.11 bits per heavy atom. The standard InChI is InChI=1S/C19H20N2O3.C2H6FN/c1-4-21-17-10-9-16(23-2)11-14(17)12-18(21)13-5-7-15(8-6-13)20-19(22)24-3;1-4(2)3/h5-12H,4H2,1-3H3,(H,20,22);1-2H3. The van der Waals surface area contributed by atoms with E-state index >= 15 is 0 Å². The van der Waals surface area contributed by atoms with Gasteiger partial charge in [0.1, 0.15) is 5.75 Å². The Morgan fingerprint density at radius 2 is 1.75 bits per heavy atom. The molecule has 7 heteroatoms. The molecule has 3 rings (SSSR count).